The Bertz CT molecular complexity index is 1560. The van der Waals surface area contributed by atoms with Crippen LogP contribution in [0.5, 0.6) is 23.0 Å². The van der Waals surface area contributed by atoms with Crippen LogP contribution in [0.15, 0.2) is 97.1 Å². The Morgan fingerprint density at radius 1 is 0.537 bits per heavy atom. The standard InChI is InChI=1S/C31H22F6O4/c1-19(38)25-7-3-5-9-27(25)40-23-15-11-21(12-16-23)29(32,31(35,36)37)30(33,34)22-13-17-24(18-14-22)41-28-10-6-4-8-26(28)20(2)39/h3-18H,1-2H3. The van der Waals surface area contributed by atoms with Crippen molar-refractivity contribution < 1.29 is 45.4 Å². The molecule has 4 aromatic rings. The molecule has 0 fully saturated rings. The molecule has 4 nitrogen and oxygen atoms in total. The Hall–Kier alpha value is -4.60. The lowest BCUT2D eigenvalue weighted by molar-refractivity contribution is -0.314. The lowest BCUT2D eigenvalue weighted by Crippen LogP contribution is -2.51. The van der Waals surface area contributed by atoms with Crippen LogP contribution in [0.4, 0.5) is 26.3 Å². The third kappa shape index (κ3) is 5.68. The molecule has 0 aliphatic carbocycles. The van der Waals surface area contributed by atoms with Crippen LogP contribution in [0.2, 0.25) is 0 Å². The smallest absolute Gasteiger partial charge is 0.433 e. The van der Waals surface area contributed by atoms with Gasteiger partial charge < -0.3 is 9.47 Å². The maximum atomic E-state index is 15.8. The Balaban J connectivity index is 1.64. The Morgan fingerprint density at radius 3 is 1.27 bits per heavy atom. The number of carbonyl (C=O) groups excluding carboxylic acids is 2. The summed E-state index contributed by atoms with van der Waals surface area (Å²) in [6.07, 6.45) is -6.02. The molecule has 0 bridgehead atoms. The summed E-state index contributed by atoms with van der Waals surface area (Å²) in [6.45, 7) is 2.59. The fraction of sp³-hybridized carbons (Fsp3) is 0.161. The number of benzene rings is 4. The Morgan fingerprint density at radius 2 is 0.902 bits per heavy atom. The van der Waals surface area contributed by atoms with E-state index in [-0.39, 0.29) is 45.7 Å². The number of rotatable bonds is 9. The zero-order valence-corrected chi connectivity index (χ0v) is 21.6. The number of hydrogen-bond acceptors (Lipinski definition) is 4. The highest BCUT2D eigenvalue weighted by molar-refractivity contribution is 5.97. The highest BCUT2D eigenvalue weighted by Crippen LogP contribution is 2.57. The maximum absolute atomic E-state index is 15.8. The molecule has 0 saturated carbocycles. The minimum Gasteiger partial charge on any atom is -0.457 e. The molecule has 1 unspecified atom stereocenters. The van der Waals surface area contributed by atoms with Crippen molar-refractivity contribution in [2.45, 2.75) is 31.6 Å². The summed E-state index contributed by atoms with van der Waals surface area (Å²) < 4.78 is 100.0. The van der Waals surface area contributed by atoms with Crippen molar-refractivity contribution in [3.05, 3.63) is 119 Å². The van der Waals surface area contributed by atoms with Crippen molar-refractivity contribution >= 4 is 11.6 Å². The fourth-order valence-electron chi connectivity index (χ4n) is 4.15. The van der Waals surface area contributed by atoms with Gasteiger partial charge in [-0.05, 0) is 74.5 Å². The average molecular weight is 573 g/mol. The van der Waals surface area contributed by atoms with Crippen molar-refractivity contribution in [3.8, 4) is 23.0 Å². The van der Waals surface area contributed by atoms with Gasteiger partial charge >= 0.3 is 12.1 Å². The number of ketones is 2. The molecule has 1 atom stereocenters. The van der Waals surface area contributed by atoms with Gasteiger partial charge in [0.25, 0.3) is 5.67 Å². The van der Waals surface area contributed by atoms with Crippen LogP contribution in [0.3, 0.4) is 0 Å². The molecule has 0 N–H and O–H groups in total. The molecular formula is C31H22F6O4. The molecule has 0 radical (unpaired) electrons. The van der Waals surface area contributed by atoms with E-state index >= 15 is 13.2 Å². The molecule has 4 rings (SSSR count). The van der Waals surface area contributed by atoms with E-state index in [0.29, 0.717) is 24.3 Å². The zero-order valence-electron chi connectivity index (χ0n) is 21.6. The number of alkyl halides is 6. The van der Waals surface area contributed by atoms with Crippen LogP contribution < -0.4 is 9.47 Å². The summed E-state index contributed by atoms with van der Waals surface area (Å²) in [7, 11) is 0. The van der Waals surface area contributed by atoms with E-state index in [0.717, 1.165) is 24.3 Å². The van der Waals surface area contributed by atoms with Gasteiger partial charge in [0.1, 0.15) is 23.0 Å². The summed E-state index contributed by atoms with van der Waals surface area (Å²) in [6, 6.07) is 18.3. The molecule has 0 aliphatic rings. The van der Waals surface area contributed by atoms with Crippen molar-refractivity contribution in [1.29, 1.82) is 0 Å². The summed E-state index contributed by atoms with van der Waals surface area (Å²) >= 11 is 0. The second-order valence-corrected chi connectivity index (χ2v) is 9.09. The van der Waals surface area contributed by atoms with Crippen LogP contribution >= 0.6 is 0 Å². The summed E-state index contributed by atoms with van der Waals surface area (Å²) in [5, 5.41) is 0. The van der Waals surface area contributed by atoms with Gasteiger partial charge in [0.05, 0.1) is 11.1 Å². The minimum atomic E-state index is -6.02. The minimum absolute atomic E-state index is 0.0536. The van der Waals surface area contributed by atoms with E-state index in [9.17, 15) is 22.8 Å². The maximum Gasteiger partial charge on any atom is 0.433 e. The lowest BCUT2D eigenvalue weighted by Gasteiger charge is -2.35. The Labute approximate surface area is 231 Å². The van der Waals surface area contributed by atoms with Crippen molar-refractivity contribution in [2.24, 2.45) is 0 Å². The van der Waals surface area contributed by atoms with Gasteiger partial charge in [-0.3, -0.25) is 9.59 Å². The molecule has 0 heterocycles. The molecule has 0 aromatic heterocycles. The number of para-hydroxylation sites is 2. The number of Topliss-reactive ketones (excluding diaryl/α,β-unsaturated/α-hetero) is 2. The highest BCUT2D eigenvalue weighted by Gasteiger charge is 2.72. The van der Waals surface area contributed by atoms with E-state index in [1.165, 1.54) is 38.1 Å². The largest absolute Gasteiger partial charge is 0.457 e. The normalized spacial score (nSPS) is 13.3. The SMILES string of the molecule is CC(=O)c1ccccc1Oc1ccc(C(F)(F)C(F)(c2ccc(Oc3ccccc3C(C)=O)cc2)C(F)(F)F)cc1. The second-order valence-electron chi connectivity index (χ2n) is 9.09. The Kier molecular flexibility index (Phi) is 7.96. The van der Waals surface area contributed by atoms with E-state index in [1.807, 2.05) is 0 Å². The third-order valence-electron chi connectivity index (χ3n) is 6.28. The summed E-state index contributed by atoms with van der Waals surface area (Å²) in [4.78, 5) is 23.6. The molecule has 212 valence electrons. The van der Waals surface area contributed by atoms with Crippen LogP contribution in [-0.4, -0.2) is 17.7 Å². The van der Waals surface area contributed by atoms with Crippen LogP contribution in [-0.2, 0) is 11.6 Å². The molecule has 41 heavy (non-hydrogen) atoms. The first kappa shape index (κ1) is 29.4. The van der Waals surface area contributed by atoms with Gasteiger partial charge in [-0.1, -0.05) is 36.4 Å². The van der Waals surface area contributed by atoms with E-state index in [1.54, 1.807) is 24.3 Å². The molecule has 0 saturated heterocycles. The van der Waals surface area contributed by atoms with Gasteiger partial charge in [0.2, 0.25) is 0 Å². The van der Waals surface area contributed by atoms with Crippen LogP contribution in [0.1, 0.15) is 45.7 Å². The number of hydrogen-bond donors (Lipinski definition) is 0. The predicted octanol–water partition coefficient (Wildman–Crippen LogP) is 9.20. The van der Waals surface area contributed by atoms with Gasteiger partial charge in [0.15, 0.2) is 11.6 Å². The number of halogens is 6. The van der Waals surface area contributed by atoms with Crippen LogP contribution in [0, 0.1) is 0 Å². The van der Waals surface area contributed by atoms with Gasteiger partial charge in [-0.15, -0.1) is 0 Å². The topological polar surface area (TPSA) is 52.6 Å². The fourth-order valence-corrected chi connectivity index (χ4v) is 4.15. The molecule has 0 amide bonds. The van der Waals surface area contributed by atoms with Crippen molar-refractivity contribution in [1.82, 2.24) is 0 Å². The van der Waals surface area contributed by atoms with Crippen molar-refractivity contribution in [3.63, 3.8) is 0 Å². The summed E-state index contributed by atoms with van der Waals surface area (Å²) in [5.74, 6) is -5.67. The van der Waals surface area contributed by atoms with Gasteiger partial charge in [-0.25, -0.2) is 4.39 Å². The monoisotopic (exact) mass is 572 g/mol. The van der Waals surface area contributed by atoms with Crippen LogP contribution in [0.25, 0.3) is 0 Å². The third-order valence-corrected chi connectivity index (χ3v) is 6.28. The zero-order chi connectivity index (χ0) is 30.0. The molecule has 0 aliphatic heterocycles. The quantitative estimate of drug-likeness (QED) is 0.148. The predicted molar refractivity (Wildman–Crippen MR) is 139 cm³/mol. The van der Waals surface area contributed by atoms with E-state index in [2.05, 4.69) is 0 Å². The molecular weight excluding hydrogens is 550 g/mol. The highest BCUT2D eigenvalue weighted by atomic mass is 19.4. The first-order chi connectivity index (χ1) is 19.3. The lowest BCUT2D eigenvalue weighted by atomic mass is 9.84. The first-order valence-electron chi connectivity index (χ1n) is 12.2. The molecule has 0 spiro atoms. The van der Waals surface area contributed by atoms with Gasteiger partial charge in [-0.2, -0.15) is 22.0 Å². The van der Waals surface area contributed by atoms with Gasteiger partial charge in [0, 0.05) is 11.1 Å². The molecule has 4 aromatic carbocycles. The second kappa shape index (κ2) is 11.1. The number of ether oxygens (including phenoxy) is 2. The first-order valence-corrected chi connectivity index (χ1v) is 12.2. The van der Waals surface area contributed by atoms with Crippen molar-refractivity contribution in [2.75, 3.05) is 0 Å². The molecule has 10 heteroatoms. The average Bonchev–Trinajstić information content (AvgIpc) is 2.93. The number of carbonyl (C=O) groups is 2. The van der Waals surface area contributed by atoms with E-state index < -0.39 is 28.9 Å². The van der Waals surface area contributed by atoms with E-state index in [4.69, 9.17) is 9.47 Å². The summed E-state index contributed by atoms with van der Waals surface area (Å²) in [5.41, 5.74) is -7.31.